The summed E-state index contributed by atoms with van der Waals surface area (Å²) in [5.74, 6) is -0.136. The maximum atomic E-state index is 12.7. The molecule has 0 spiro atoms. The van der Waals surface area contributed by atoms with Gasteiger partial charge in [0, 0.05) is 33.9 Å². The van der Waals surface area contributed by atoms with Gasteiger partial charge in [-0.05, 0) is 25.8 Å². The van der Waals surface area contributed by atoms with Crippen molar-refractivity contribution in [3.8, 4) is 0 Å². The number of amides is 1. The minimum atomic E-state index is -3.38. The Hall–Kier alpha value is -1.45. The number of aromatic nitrogens is 2. The molecule has 1 saturated heterocycles. The summed E-state index contributed by atoms with van der Waals surface area (Å²) in [7, 11) is -0.0760. The van der Waals surface area contributed by atoms with E-state index in [1.165, 1.54) is 0 Å². The minimum absolute atomic E-state index is 0.136. The number of hydrogen-bond donors (Lipinski definition) is 1. The van der Waals surface area contributed by atoms with E-state index in [1.807, 2.05) is 6.92 Å². The lowest BCUT2D eigenvalue weighted by molar-refractivity contribution is 0.0764. The van der Waals surface area contributed by atoms with Crippen molar-refractivity contribution in [3.05, 3.63) is 17.5 Å². The van der Waals surface area contributed by atoms with E-state index in [0.29, 0.717) is 38.2 Å². The Morgan fingerprint density at radius 2 is 2.22 bits per heavy atom. The van der Waals surface area contributed by atoms with Crippen LogP contribution >= 0.6 is 0 Å². The quantitative estimate of drug-likeness (QED) is 0.778. The molecule has 9 heteroatoms. The summed E-state index contributed by atoms with van der Waals surface area (Å²) in [6.07, 6.45) is 2.22. The first kappa shape index (κ1) is 17.9. The second-order valence-electron chi connectivity index (χ2n) is 6.17. The number of carbonyl (C=O) groups excluding carboxylic acids is 1. The lowest BCUT2D eigenvalue weighted by Gasteiger charge is -2.29. The third-order valence-corrected chi connectivity index (χ3v) is 4.85. The van der Waals surface area contributed by atoms with Gasteiger partial charge in [-0.15, -0.1) is 0 Å². The lowest BCUT2D eigenvalue weighted by atomic mass is 9.96. The molecular formula is C14H24N4O4S. The molecule has 0 aliphatic carbocycles. The van der Waals surface area contributed by atoms with Crippen molar-refractivity contribution in [2.24, 2.45) is 7.05 Å². The minimum Gasteiger partial charge on any atom is -0.385 e. The van der Waals surface area contributed by atoms with Crippen LogP contribution < -0.4 is 4.72 Å². The Bertz CT molecular complexity index is 685. The molecule has 2 rings (SSSR count). The Labute approximate surface area is 136 Å². The molecule has 0 aromatic carbocycles. The Morgan fingerprint density at radius 1 is 1.52 bits per heavy atom. The predicted molar refractivity (Wildman–Crippen MR) is 85.7 cm³/mol. The second-order valence-corrected chi connectivity index (χ2v) is 7.92. The fraction of sp³-hybridized carbons (Fsp3) is 0.714. The van der Waals surface area contributed by atoms with Gasteiger partial charge in [-0.2, -0.15) is 5.10 Å². The van der Waals surface area contributed by atoms with E-state index in [1.54, 1.807) is 29.8 Å². The summed E-state index contributed by atoms with van der Waals surface area (Å²) in [4.78, 5) is 14.3. The summed E-state index contributed by atoms with van der Waals surface area (Å²) < 4.78 is 32.7. The highest BCUT2D eigenvalue weighted by molar-refractivity contribution is 7.88. The number of aryl methyl sites for hydroxylation is 2. The molecule has 8 nitrogen and oxygen atoms in total. The van der Waals surface area contributed by atoms with Crippen molar-refractivity contribution in [2.75, 3.05) is 33.1 Å². The highest BCUT2D eigenvalue weighted by Gasteiger charge is 2.42. The van der Waals surface area contributed by atoms with Crippen LogP contribution in [0.5, 0.6) is 0 Å². The molecule has 0 bridgehead atoms. The Morgan fingerprint density at radius 3 is 2.74 bits per heavy atom. The zero-order chi connectivity index (χ0) is 17.3. The smallest absolute Gasteiger partial charge is 0.272 e. The maximum Gasteiger partial charge on any atom is 0.272 e. The van der Waals surface area contributed by atoms with Crippen LogP contribution in [0.25, 0.3) is 0 Å². The number of sulfonamides is 1. The van der Waals surface area contributed by atoms with E-state index in [9.17, 15) is 13.2 Å². The van der Waals surface area contributed by atoms with Crippen LogP contribution in [-0.4, -0.2) is 67.6 Å². The average Bonchev–Trinajstić information content (AvgIpc) is 2.98. The topological polar surface area (TPSA) is 93.5 Å². The standard InChI is InChI=1S/C14H24N4O4S/c1-11-9-12(17(2)15-11)13(19)18-7-5-14(10-18,6-8-22-3)16-23(4,20)21/h9,16H,5-8,10H2,1-4H3. The number of nitrogens with zero attached hydrogens (tertiary/aromatic N) is 3. The molecule has 130 valence electrons. The molecule has 1 aliphatic rings. The van der Waals surface area contributed by atoms with E-state index >= 15 is 0 Å². The number of methoxy groups -OCH3 is 1. The maximum absolute atomic E-state index is 12.7. The molecule has 2 heterocycles. The first-order valence-corrected chi connectivity index (χ1v) is 9.33. The van der Waals surface area contributed by atoms with Gasteiger partial charge in [0.1, 0.15) is 5.69 Å². The van der Waals surface area contributed by atoms with E-state index in [2.05, 4.69) is 9.82 Å². The van der Waals surface area contributed by atoms with Crippen LogP contribution in [0.4, 0.5) is 0 Å². The number of ether oxygens (including phenoxy) is 1. The van der Waals surface area contributed by atoms with Crippen LogP contribution in [0.2, 0.25) is 0 Å². The van der Waals surface area contributed by atoms with Crippen molar-refractivity contribution < 1.29 is 17.9 Å². The zero-order valence-corrected chi connectivity index (χ0v) is 14.8. The van der Waals surface area contributed by atoms with Gasteiger partial charge in [0.25, 0.3) is 5.91 Å². The number of nitrogens with one attached hydrogen (secondary N) is 1. The molecule has 1 N–H and O–H groups in total. The van der Waals surface area contributed by atoms with Crippen LogP contribution in [0.1, 0.15) is 29.0 Å². The largest absolute Gasteiger partial charge is 0.385 e. The molecule has 1 amide bonds. The normalized spacial score (nSPS) is 21.8. The summed E-state index contributed by atoms with van der Waals surface area (Å²) in [6.45, 7) is 3.08. The van der Waals surface area contributed by atoms with E-state index in [4.69, 9.17) is 4.74 Å². The first-order valence-electron chi connectivity index (χ1n) is 7.44. The number of carbonyl (C=O) groups is 1. The summed E-state index contributed by atoms with van der Waals surface area (Å²) in [5, 5.41) is 4.19. The summed E-state index contributed by atoms with van der Waals surface area (Å²) in [5.41, 5.74) is 0.603. The summed E-state index contributed by atoms with van der Waals surface area (Å²) in [6, 6.07) is 1.74. The molecule has 1 unspecified atom stereocenters. The molecule has 1 atom stereocenters. The molecule has 1 fully saturated rings. The molecule has 0 saturated carbocycles. The van der Waals surface area contributed by atoms with Crippen molar-refractivity contribution in [2.45, 2.75) is 25.3 Å². The number of rotatable bonds is 6. The van der Waals surface area contributed by atoms with Gasteiger partial charge in [0.2, 0.25) is 10.0 Å². The number of hydrogen-bond acceptors (Lipinski definition) is 5. The van der Waals surface area contributed by atoms with Crippen molar-refractivity contribution in [1.29, 1.82) is 0 Å². The van der Waals surface area contributed by atoms with Gasteiger partial charge in [-0.3, -0.25) is 9.48 Å². The molecule has 23 heavy (non-hydrogen) atoms. The third-order valence-electron chi connectivity index (χ3n) is 4.05. The van der Waals surface area contributed by atoms with Gasteiger partial charge in [-0.25, -0.2) is 13.1 Å². The Balaban J connectivity index is 2.18. The van der Waals surface area contributed by atoms with E-state index in [-0.39, 0.29) is 5.91 Å². The van der Waals surface area contributed by atoms with E-state index < -0.39 is 15.6 Å². The van der Waals surface area contributed by atoms with Crippen molar-refractivity contribution in [1.82, 2.24) is 19.4 Å². The molecule has 1 aliphatic heterocycles. The third kappa shape index (κ3) is 4.30. The molecule has 0 radical (unpaired) electrons. The fourth-order valence-corrected chi connectivity index (χ4v) is 4.10. The number of likely N-dealkylation sites (tertiary alicyclic amines) is 1. The van der Waals surface area contributed by atoms with Crippen molar-refractivity contribution >= 4 is 15.9 Å². The lowest BCUT2D eigenvalue weighted by Crippen LogP contribution is -2.51. The summed E-state index contributed by atoms with van der Waals surface area (Å²) >= 11 is 0. The van der Waals surface area contributed by atoms with E-state index in [0.717, 1.165) is 11.9 Å². The highest BCUT2D eigenvalue weighted by atomic mass is 32.2. The van der Waals surface area contributed by atoms with Gasteiger partial charge in [0.05, 0.1) is 17.5 Å². The molecular weight excluding hydrogens is 320 g/mol. The van der Waals surface area contributed by atoms with Crippen LogP contribution in [0.15, 0.2) is 6.07 Å². The van der Waals surface area contributed by atoms with Crippen molar-refractivity contribution in [3.63, 3.8) is 0 Å². The second kappa shape index (κ2) is 6.58. The van der Waals surface area contributed by atoms with Gasteiger partial charge in [0.15, 0.2) is 0 Å². The highest BCUT2D eigenvalue weighted by Crippen LogP contribution is 2.27. The predicted octanol–water partition coefficient (Wildman–Crippen LogP) is -0.101. The molecule has 1 aromatic rings. The van der Waals surface area contributed by atoms with Gasteiger partial charge >= 0.3 is 0 Å². The first-order chi connectivity index (χ1) is 10.7. The van der Waals surface area contributed by atoms with Gasteiger partial charge in [-0.1, -0.05) is 0 Å². The fourth-order valence-electron chi connectivity index (χ4n) is 3.05. The monoisotopic (exact) mass is 344 g/mol. The van der Waals surface area contributed by atoms with Gasteiger partial charge < -0.3 is 9.64 Å². The SMILES string of the molecule is COCCC1(NS(C)(=O)=O)CCN(C(=O)c2cc(C)nn2C)C1. The van der Waals surface area contributed by atoms with Crippen LogP contribution in [-0.2, 0) is 21.8 Å². The van der Waals surface area contributed by atoms with Crippen LogP contribution in [0, 0.1) is 6.92 Å². The van der Waals surface area contributed by atoms with Crippen LogP contribution in [0.3, 0.4) is 0 Å². The zero-order valence-electron chi connectivity index (χ0n) is 14.0. The average molecular weight is 344 g/mol. The molecule has 1 aromatic heterocycles. The Kier molecular flexibility index (Phi) is 5.12.